The van der Waals surface area contributed by atoms with E-state index in [0.29, 0.717) is 0 Å². The first-order valence-electron chi connectivity index (χ1n) is 8.28. The molecular formula is C21H21N3. The van der Waals surface area contributed by atoms with Gasteiger partial charge in [-0.2, -0.15) is 0 Å². The summed E-state index contributed by atoms with van der Waals surface area (Å²) in [6, 6.07) is 18.7. The van der Waals surface area contributed by atoms with E-state index in [-0.39, 0.29) is 5.54 Å². The minimum Gasteiger partial charge on any atom is -0.324 e. The van der Waals surface area contributed by atoms with Gasteiger partial charge in [-0.1, -0.05) is 60.5 Å². The van der Waals surface area contributed by atoms with E-state index in [2.05, 4.69) is 85.5 Å². The Morgan fingerprint density at radius 2 is 1.71 bits per heavy atom. The highest BCUT2D eigenvalue weighted by molar-refractivity contribution is 5.92. The molecule has 1 aromatic heterocycles. The summed E-state index contributed by atoms with van der Waals surface area (Å²) in [5.41, 5.74) is 5.57. The van der Waals surface area contributed by atoms with Crippen LogP contribution >= 0.6 is 0 Å². The van der Waals surface area contributed by atoms with Crippen LogP contribution in [0, 0.1) is 6.20 Å². The van der Waals surface area contributed by atoms with Crippen molar-refractivity contribution in [1.29, 1.82) is 0 Å². The number of benzene rings is 2. The molecule has 3 nitrogen and oxygen atoms in total. The van der Waals surface area contributed by atoms with E-state index >= 15 is 0 Å². The SMILES string of the molecule is CC(=[C-][N+]1=C(C)C(C)(C)n2c1nc1ccccc12)c1ccccc1. The van der Waals surface area contributed by atoms with Gasteiger partial charge in [-0.05, 0) is 32.9 Å². The molecule has 0 saturated carbocycles. The van der Waals surface area contributed by atoms with E-state index in [1.807, 2.05) is 12.1 Å². The second kappa shape index (κ2) is 5.17. The van der Waals surface area contributed by atoms with Crippen molar-refractivity contribution in [2.24, 2.45) is 0 Å². The van der Waals surface area contributed by atoms with E-state index in [1.54, 1.807) is 0 Å². The van der Waals surface area contributed by atoms with Crippen LogP contribution in [-0.2, 0) is 5.54 Å². The van der Waals surface area contributed by atoms with Crippen molar-refractivity contribution in [1.82, 2.24) is 9.55 Å². The fraction of sp³-hybridized carbons (Fsp3) is 0.238. The third kappa shape index (κ3) is 2.04. The molecule has 0 aliphatic carbocycles. The normalized spacial score (nSPS) is 16.8. The maximum Gasteiger partial charge on any atom is 0.322 e. The summed E-state index contributed by atoms with van der Waals surface area (Å²) in [4.78, 5) is 4.86. The van der Waals surface area contributed by atoms with E-state index in [9.17, 15) is 0 Å². The van der Waals surface area contributed by atoms with Gasteiger partial charge in [-0.25, -0.2) is 0 Å². The van der Waals surface area contributed by atoms with Gasteiger partial charge in [0.1, 0.15) is 5.52 Å². The summed E-state index contributed by atoms with van der Waals surface area (Å²) in [5, 5.41) is 0. The van der Waals surface area contributed by atoms with Crippen molar-refractivity contribution in [2.75, 3.05) is 0 Å². The van der Waals surface area contributed by atoms with Gasteiger partial charge in [0.25, 0.3) is 0 Å². The van der Waals surface area contributed by atoms with Gasteiger partial charge in [0.15, 0.2) is 5.52 Å². The summed E-state index contributed by atoms with van der Waals surface area (Å²) in [7, 11) is 0. The van der Waals surface area contributed by atoms with Crippen molar-refractivity contribution in [2.45, 2.75) is 33.2 Å². The van der Waals surface area contributed by atoms with Crippen LogP contribution in [0.5, 0.6) is 0 Å². The lowest BCUT2D eigenvalue weighted by molar-refractivity contribution is -0.382. The lowest BCUT2D eigenvalue weighted by atomic mass is 9.99. The molecule has 1 aliphatic rings. The largest absolute Gasteiger partial charge is 0.324 e. The van der Waals surface area contributed by atoms with Gasteiger partial charge in [0.05, 0.1) is 5.54 Å². The van der Waals surface area contributed by atoms with E-state index in [4.69, 9.17) is 4.98 Å². The average Bonchev–Trinajstić information content (AvgIpc) is 3.06. The van der Waals surface area contributed by atoms with E-state index in [0.717, 1.165) is 17.0 Å². The van der Waals surface area contributed by atoms with Crippen LogP contribution in [0.2, 0.25) is 0 Å². The molecule has 120 valence electrons. The Balaban J connectivity index is 1.93. The summed E-state index contributed by atoms with van der Waals surface area (Å²) >= 11 is 0. The number of imidazole rings is 1. The van der Waals surface area contributed by atoms with Crippen LogP contribution in [-0.4, -0.2) is 19.8 Å². The van der Waals surface area contributed by atoms with Gasteiger partial charge in [-0.15, -0.1) is 4.98 Å². The number of rotatable bonds is 2. The number of hydrogen-bond donors (Lipinski definition) is 0. The van der Waals surface area contributed by atoms with Crippen LogP contribution in [0.4, 0.5) is 5.95 Å². The molecule has 2 heterocycles. The monoisotopic (exact) mass is 315 g/mol. The van der Waals surface area contributed by atoms with Gasteiger partial charge in [-0.3, -0.25) is 4.57 Å². The molecule has 0 amide bonds. The van der Waals surface area contributed by atoms with Gasteiger partial charge in [0.2, 0.25) is 0 Å². The molecule has 0 N–H and O–H groups in total. The molecule has 4 rings (SSSR count). The Hall–Kier alpha value is -2.68. The molecule has 24 heavy (non-hydrogen) atoms. The van der Waals surface area contributed by atoms with Crippen molar-refractivity contribution in [3.8, 4) is 0 Å². The molecule has 2 aromatic carbocycles. The van der Waals surface area contributed by atoms with Crippen LogP contribution in [0.15, 0.2) is 54.6 Å². The maximum atomic E-state index is 4.86. The third-order valence-corrected chi connectivity index (χ3v) is 5.01. The summed E-state index contributed by atoms with van der Waals surface area (Å²) in [5.74, 6) is 0.939. The zero-order valence-corrected chi connectivity index (χ0v) is 14.5. The molecule has 0 unspecified atom stereocenters. The number of allylic oxidation sites excluding steroid dienone is 1. The molecule has 3 heteroatoms. The molecule has 0 saturated heterocycles. The van der Waals surface area contributed by atoms with Crippen molar-refractivity contribution >= 4 is 28.3 Å². The minimum atomic E-state index is -0.130. The smallest absolute Gasteiger partial charge is 0.322 e. The standard InChI is InChI=1S/C21H21N3/c1-15(17-10-6-5-7-11-17)14-23-16(2)21(3,4)24-19-13-9-8-12-18(19)22-20(23)24/h5-13H,1-4H3. The maximum absolute atomic E-state index is 4.86. The molecule has 0 radical (unpaired) electrons. The number of aromatic nitrogens is 2. The molecule has 1 aliphatic heterocycles. The number of fused-ring (bicyclic) bond motifs is 3. The van der Waals surface area contributed by atoms with Gasteiger partial charge >= 0.3 is 5.95 Å². The number of nitrogens with zero attached hydrogens (tertiary/aromatic N) is 3. The van der Waals surface area contributed by atoms with E-state index in [1.165, 1.54) is 16.8 Å². The Bertz CT molecular complexity index is 988. The fourth-order valence-corrected chi connectivity index (χ4v) is 3.35. The minimum absolute atomic E-state index is 0.130. The summed E-state index contributed by atoms with van der Waals surface area (Å²) in [6.07, 6.45) is 3.55. The zero-order chi connectivity index (χ0) is 16.9. The predicted octanol–water partition coefficient (Wildman–Crippen LogP) is 4.75. The van der Waals surface area contributed by atoms with Gasteiger partial charge < -0.3 is 4.58 Å². The molecule has 0 fully saturated rings. The highest BCUT2D eigenvalue weighted by Gasteiger charge is 2.39. The third-order valence-electron chi connectivity index (χ3n) is 5.01. The van der Waals surface area contributed by atoms with Crippen molar-refractivity contribution < 1.29 is 4.58 Å². The molecule has 0 atom stereocenters. The Morgan fingerprint density at radius 3 is 2.46 bits per heavy atom. The van der Waals surface area contributed by atoms with E-state index < -0.39 is 0 Å². The summed E-state index contributed by atoms with van der Waals surface area (Å²) < 4.78 is 4.42. The Morgan fingerprint density at radius 1 is 1.04 bits per heavy atom. The zero-order valence-electron chi connectivity index (χ0n) is 14.5. The van der Waals surface area contributed by atoms with Gasteiger partial charge in [0, 0.05) is 11.9 Å². The fourth-order valence-electron chi connectivity index (χ4n) is 3.35. The predicted molar refractivity (Wildman–Crippen MR) is 98.4 cm³/mol. The lowest BCUT2D eigenvalue weighted by Gasteiger charge is -2.21. The van der Waals surface area contributed by atoms with Crippen LogP contribution < -0.4 is 0 Å². The lowest BCUT2D eigenvalue weighted by Crippen LogP contribution is -2.31. The Labute approximate surface area is 142 Å². The van der Waals surface area contributed by atoms with Crippen molar-refractivity contribution in [3.63, 3.8) is 0 Å². The number of para-hydroxylation sites is 2. The average molecular weight is 315 g/mol. The quantitative estimate of drug-likeness (QED) is 0.493. The molecule has 0 bridgehead atoms. The molecule has 3 aromatic rings. The second-order valence-corrected chi connectivity index (χ2v) is 6.82. The first-order chi connectivity index (χ1) is 11.5. The number of hydrogen-bond acceptors (Lipinski definition) is 1. The first-order valence-corrected chi connectivity index (χ1v) is 8.28. The second-order valence-electron chi connectivity index (χ2n) is 6.82. The highest BCUT2D eigenvalue weighted by atomic mass is 15.3. The summed E-state index contributed by atoms with van der Waals surface area (Å²) in [6.45, 7) is 8.73. The van der Waals surface area contributed by atoms with Crippen molar-refractivity contribution in [3.05, 3.63) is 66.4 Å². The molecule has 0 spiro atoms. The first kappa shape index (κ1) is 14.9. The van der Waals surface area contributed by atoms with Crippen LogP contribution in [0.3, 0.4) is 0 Å². The highest BCUT2D eigenvalue weighted by Crippen LogP contribution is 2.36. The topological polar surface area (TPSA) is 20.8 Å². The van der Waals surface area contributed by atoms with Crippen LogP contribution in [0.25, 0.3) is 16.6 Å². The molecular weight excluding hydrogens is 294 g/mol. The Kier molecular flexibility index (Phi) is 3.20. The van der Waals surface area contributed by atoms with Crippen LogP contribution in [0.1, 0.15) is 33.3 Å².